The minimum atomic E-state index is 0.506. The molecule has 0 aliphatic rings. The second-order valence-electron chi connectivity index (χ2n) is 5.28. The van der Waals surface area contributed by atoms with Gasteiger partial charge in [0.2, 0.25) is 0 Å². The molecule has 2 rings (SSSR count). The lowest BCUT2D eigenvalue weighted by molar-refractivity contribution is 0.290. The molecule has 0 radical (unpaired) electrons. The van der Waals surface area contributed by atoms with E-state index >= 15 is 0 Å². The molecule has 0 aliphatic carbocycles. The normalized spacial score (nSPS) is 11.0. The molecule has 0 spiro atoms. The van der Waals surface area contributed by atoms with Crippen LogP contribution in [-0.2, 0) is 13.1 Å². The maximum Gasteiger partial charge on any atom is 0.137 e. The molecule has 1 aromatic heterocycles. The van der Waals surface area contributed by atoms with Crippen molar-refractivity contribution in [1.82, 2.24) is 20.3 Å². The van der Waals surface area contributed by atoms with Gasteiger partial charge in [0.25, 0.3) is 0 Å². The van der Waals surface area contributed by atoms with Crippen LogP contribution in [0.5, 0.6) is 5.75 Å². The zero-order valence-corrected chi connectivity index (χ0v) is 13.2. The maximum atomic E-state index is 6.02. The van der Waals surface area contributed by atoms with Crippen LogP contribution >= 0.6 is 11.6 Å². The highest BCUT2D eigenvalue weighted by molar-refractivity contribution is 6.32. The number of nitrogens with one attached hydrogen (secondary N) is 1. The molecule has 0 saturated heterocycles. The Bertz CT molecular complexity index is 556. The van der Waals surface area contributed by atoms with Crippen LogP contribution < -0.4 is 10.1 Å². The number of benzene rings is 1. The Kier molecular flexibility index (Phi) is 6.02. The van der Waals surface area contributed by atoms with Gasteiger partial charge in [0, 0.05) is 12.7 Å². The largest absolute Gasteiger partial charge is 0.490 e. The third-order valence-corrected chi connectivity index (χ3v) is 3.17. The first kappa shape index (κ1) is 15.8. The number of para-hydroxylation sites is 1. The molecular formula is C15H21ClN4O. The number of rotatable bonds is 8. The van der Waals surface area contributed by atoms with Crippen molar-refractivity contribution in [1.29, 1.82) is 0 Å². The molecule has 0 saturated carbocycles. The summed E-state index contributed by atoms with van der Waals surface area (Å²) < 4.78 is 7.41. The number of aromatic nitrogens is 3. The third-order valence-electron chi connectivity index (χ3n) is 2.86. The van der Waals surface area contributed by atoms with Gasteiger partial charge >= 0.3 is 0 Å². The molecule has 6 heteroatoms. The molecule has 0 atom stereocenters. The van der Waals surface area contributed by atoms with Crippen molar-refractivity contribution in [2.24, 2.45) is 5.92 Å². The van der Waals surface area contributed by atoms with Crippen molar-refractivity contribution in [3.05, 3.63) is 41.2 Å². The molecule has 0 aliphatic heterocycles. The Morgan fingerprint density at radius 1 is 1.33 bits per heavy atom. The Morgan fingerprint density at radius 3 is 2.90 bits per heavy atom. The van der Waals surface area contributed by atoms with E-state index < -0.39 is 0 Å². The predicted molar refractivity (Wildman–Crippen MR) is 83.5 cm³/mol. The molecule has 1 aromatic carbocycles. The first-order valence-electron chi connectivity index (χ1n) is 7.12. The lowest BCUT2D eigenvalue weighted by atomic mass is 10.2. The van der Waals surface area contributed by atoms with E-state index in [0.717, 1.165) is 18.8 Å². The molecule has 2 aromatic rings. The van der Waals surface area contributed by atoms with E-state index in [1.54, 1.807) is 4.68 Å². The fraction of sp³-hybridized carbons (Fsp3) is 0.467. The average Bonchev–Trinajstić information content (AvgIpc) is 2.88. The van der Waals surface area contributed by atoms with Crippen molar-refractivity contribution >= 4 is 11.6 Å². The summed E-state index contributed by atoms with van der Waals surface area (Å²) in [5.74, 6) is 1.32. The summed E-state index contributed by atoms with van der Waals surface area (Å²) in [6, 6.07) is 7.44. The quantitative estimate of drug-likeness (QED) is 0.814. The van der Waals surface area contributed by atoms with Crippen molar-refractivity contribution in [2.45, 2.75) is 26.9 Å². The summed E-state index contributed by atoms with van der Waals surface area (Å²) in [4.78, 5) is 0. The first-order valence-corrected chi connectivity index (χ1v) is 7.50. The van der Waals surface area contributed by atoms with Crippen LogP contribution in [0.4, 0.5) is 0 Å². The summed E-state index contributed by atoms with van der Waals surface area (Å²) >= 11 is 6.02. The Hall–Kier alpha value is -1.59. The van der Waals surface area contributed by atoms with Crippen molar-refractivity contribution in [2.75, 3.05) is 13.2 Å². The van der Waals surface area contributed by atoms with Gasteiger partial charge in [0.05, 0.1) is 17.3 Å². The van der Waals surface area contributed by atoms with Gasteiger partial charge in [0.15, 0.2) is 0 Å². The molecule has 0 unspecified atom stereocenters. The number of ether oxygens (including phenoxy) is 1. The Labute approximate surface area is 130 Å². The monoisotopic (exact) mass is 308 g/mol. The highest BCUT2D eigenvalue weighted by Gasteiger charge is 2.03. The molecular weight excluding hydrogens is 288 g/mol. The second kappa shape index (κ2) is 8.00. The zero-order valence-electron chi connectivity index (χ0n) is 12.4. The van der Waals surface area contributed by atoms with E-state index in [4.69, 9.17) is 16.3 Å². The van der Waals surface area contributed by atoms with E-state index in [0.29, 0.717) is 29.8 Å². The molecule has 1 heterocycles. The number of hydrogen-bond donors (Lipinski definition) is 1. The smallest absolute Gasteiger partial charge is 0.137 e. The van der Waals surface area contributed by atoms with Gasteiger partial charge < -0.3 is 10.1 Å². The van der Waals surface area contributed by atoms with Crippen LogP contribution in [0.3, 0.4) is 0 Å². The van der Waals surface area contributed by atoms with Crippen molar-refractivity contribution in [3.8, 4) is 5.75 Å². The maximum absolute atomic E-state index is 6.02. The summed E-state index contributed by atoms with van der Waals surface area (Å²) in [6.45, 7) is 7.21. The topological polar surface area (TPSA) is 52.0 Å². The summed E-state index contributed by atoms with van der Waals surface area (Å²) in [6.07, 6.45) is 1.93. The predicted octanol–water partition coefficient (Wildman–Crippen LogP) is 2.76. The van der Waals surface area contributed by atoms with Crippen LogP contribution in [0.15, 0.2) is 30.5 Å². The fourth-order valence-corrected chi connectivity index (χ4v) is 2.02. The molecule has 0 fully saturated rings. The van der Waals surface area contributed by atoms with E-state index in [1.165, 1.54) is 0 Å². The summed E-state index contributed by atoms with van der Waals surface area (Å²) in [5, 5.41) is 12.2. The van der Waals surface area contributed by atoms with Crippen LogP contribution in [-0.4, -0.2) is 28.1 Å². The number of nitrogens with zero attached hydrogens (tertiary/aromatic N) is 3. The average molecular weight is 309 g/mol. The van der Waals surface area contributed by atoms with Gasteiger partial charge in [-0.15, -0.1) is 5.10 Å². The standard InChI is InChI=1S/C15H21ClN4O/c1-12(2)9-17-10-13-11-20(19-18-13)7-8-21-15-6-4-3-5-14(15)16/h3-6,11-12,17H,7-10H2,1-2H3. The van der Waals surface area contributed by atoms with E-state index in [2.05, 4.69) is 29.5 Å². The van der Waals surface area contributed by atoms with Crippen LogP contribution in [0.2, 0.25) is 5.02 Å². The highest BCUT2D eigenvalue weighted by atomic mass is 35.5. The van der Waals surface area contributed by atoms with Gasteiger partial charge in [-0.25, -0.2) is 4.68 Å². The minimum Gasteiger partial charge on any atom is -0.490 e. The van der Waals surface area contributed by atoms with Gasteiger partial charge in [-0.1, -0.05) is 42.8 Å². The fourth-order valence-electron chi connectivity index (χ4n) is 1.83. The lowest BCUT2D eigenvalue weighted by Crippen LogP contribution is -2.19. The Morgan fingerprint density at radius 2 is 2.14 bits per heavy atom. The highest BCUT2D eigenvalue weighted by Crippen LogP contribution is 2.22. The second-order valence-corrected chi connectivity index (χ2v) is 5.68. The van der Waals surface area contributed by atoms with E-state index in [-0.39, 0.29) is 0 Å². The van der Waals surface area contributed by atoms with Gasteiger partial charge in [0.1, 0.15) is 12.4 Å². The van der Waals surface area contributed by atoms with Gasteiger partial charge in [-0.3, -0.25) is 0 Å². The first-order chi connectivity index (χ1) is 10.1. The summed E-state index contributed by atoms with van der Waals surface area (Å²) in [7, 11) is 0. The summed E-state index contributed by atoms with van der Waals surface area (Å²) in [5.41, 5.74) is 0.938. The molecule has 114 valence electrons. The van der Waals surface area contributed by atoms with Crippen LogP contribution in [0.1, 0.15) is 19.5 Å². The van der Waals surface area contributed by atoms with E-state index in [1.807, 2.05) is 30.5 Å². The SMILES string of the molecule is CC(C)CNCc1cn(CCOc2ccccc2Cl)nn1. The Balaban J connectivity index is 1.74. The van der Waals surface area contributed by atoms with Crippen molar-refractivity contribution in [3.63, 3.8) is 0 Å². The van der Waals surface area contributed by atoms with Crippen LogP contribution in [0.25, 0.3) is 0 Å². The molecule has 0 bridgehead atoms. The molecule has 5 nitrogen and oxygen atoms in total. The van der Waals surface area contributed by atoms with Gasteiger partial charge in [-0.2, -0.15) is 0 Å². The molecule has 0 amide bonds. The number of hydrogen-bond acceptors (Lipinski definition) is 4. The molecule has 21 heavy (non-hydrogen) atoms. The lowest BCUT2D eigenvalue weighted by Gasteiger charge is -2.07. The zero-order chi connectivity index (χ0) is 15.1. The van der Waals surface area contributed by atoms with Crippen molar-refractivity contribution < 1.29 is 4.74 Å². The molecule has 1 N–H and O–H groups in total. The minimum absolute atomic E-state index is 0.506. The van der Waals surface area contributed by atoms with E-state index in [9.17, 15) is 0 Å². The third kappa shape index (κ3) is 5.36. The number of halogens is 1. The van der Waals surface area contributed by atoms with Gasteiger partial charge in [-0.05, 0) is 24.6 Å². The van der Waals surface area contributed by atoms with Crippen LogP contribution in [0, 0.1) is 5.92 Å².